The lowest BCUT2D eigenvalue weighted by Gasteiger charge is -2.17. The Balaban J connectivity index is 1.68. The molecule has 1 aliphatic rings. The third-order valence-electron chi connectivity index (χ3n) is 3.70. The molecule has 1 aromatic rings. The van der Waals surface area contributed by atoms with Crippen LogP contribution in [0.1, 0.15) is 37.0 Å². The lowest BCUT2D eigenvalue weighted by atomic mass is 10.2. The summed E-state index contributed by atoms with van der Waals surface area (Å²) in [6, 6.07) is 9.93. The number of likely N-dealkylation sites (tertiary alicyclic amines) is 1. The monoisotopic (exact) mass is 290 g/mol. The molecule has 0 aromatic heterocycles. The molecular formula is C17H26N2O2. The van der Waals surface area contributed by atoms with Crippen molar-refractivity contribution in [1.29, 1.82) is 0 Å². The molecule has 0 saturated carbocycles. The van der Waals surface area contributed by atoms with Crippen molar-refractivity contribution in [2.24, 2.45) is 0 Å². The van der Waals surface area contributed by atoms with Crippen LogP contribution in [0, 0.1) is 0 Å². The first kappa shape index (κ1) is 16.0. The lowest BCUT2D eigenvalue weighted by molar-refractivity contribution is 0.0758. The number of hydrogen-bond acceptors (Lipinski definition) is 3. The number of carbonyl (C=O) groups excluding carboxylic acids is 1. The van der Waals surface area contributed by atoms with Crippen LogP contribution in [0.25, 0.3) is 0 Å². The Labute approximate surface area is 127 Å². The van der Waals surface area contributed by atoms with Crippen LogP contribution in [0.4, 0.5) is 0 Å². The summed E-state index contributed by atoms with van der Waals surface area (Å²) in [7, 11) is 0. The average molecular weight is 290 g/mol. The van der Waals surface area contributed by atoms with E-state index < -0.39 is 0 Å². The highest BCUT2D eigenvalue weighted by Crippen LogP contribution is 2.13. The van der Waals surface area contributed by atoms with E-state index in [1.54, 1.807) is 0 Å². The predicted molar refractivity (Wildman–Crippen MR) is 84.5 cm³/mol. The highest BCUT2D eigenvalue weighted by molar-refractivity contribution is 5.94. The summed E-state index contributed by atoms with van der Waals surface area (Å²) in [4.78, 5) is 14.3. The van der Waals surface area contributed by atoms with Gasteiger partial charge in [0, 0.05) is 31.3 Å². The van der Waals surface area contributed by atoms with Gasteiger partial charge in [0.1, 0.15) is 0 Å². The number of nitrogens with one attached hydrogen (secondary N) is 1. The normalized spacial score (nSPS) is 18.4. The van der Waals surface area contributed by atoms with Crippen LogP contribution in [-0.4, -0.2) is 49.2 Å². The van der Waals surface area contributed by atoms with E-state index in [4.69, 9.17) is 4.74 Å². The number of ether oxygens (including phenoxy) is 1. The molecule has 1 unspecified atom stereocenters. The van der Waals surface area contributed by atoms with E-state index in [1.807, 2.05) is 35.2 Å². The Morgan fingerprint density at radius 2 is 2.14 bits per heavy atom. The fraction of sp³-hybridized carbons (Fsp3) is 0.588. The van der Waals surface area contributed by atoms with Gasteiger partial charge in [-0.2, -0.15) is 0 Å². The van der Waals surface area contributed by atoms with Crippen molar-refractivity contribution in [2.45, 2.75) is 38.8 Å². The van der Waals surface area contributed by atoms with Gasteiger partial charge in [-0.25, -0.2) is 0 Å². The first-order valence-corrected chi connectivity index (χ1v) is 7.86. The van der Waals surface area contributed by atoms with Crippen LogP contribution in [-0.2, 0) is 4.74 Å². The minimum atomic E-state index is 0.142. The maximum Gasteiger partial charge on any atom is 0.253 e. The number of rotatable bonds is 7. The fourth-order valence-electron chi connectivity index (χ4n) is 2.57. The van der Waals surface area contributed by atoms with Gasteiger partial charge in [-0.3, -0.25) is 4.79 Å². The van der Waals surface area contributed by atoms with Crippen molar-refractivity contribution in [3.8, 4) is 0 Å². The zero-order valence-electron chi connectivity index (χ0n) is 13.0. The largest absolute Gasteiger partial charge is 0.379 e. The third-order valence-corrected chi connectivity index (χ3v) is 3.70. The summed E-state index contributed by atoms with van der Waals surface area (Å²) in [5.74, 6) is 0.142. The molecule has 1 heterocycles. The summed E-state index contributed by atoms with van der Waals surface area (Å²) in [6.45, 7) is 7.50. The minimum absolute atomic E-state index is 0.142. The quantitative estimate of drug-likeness (QED) is 0.784. The van der Waals surface area contributed by atoms with Crippen molar-refractivity contribution in [2.75, 3.05) is 26.2 Å². The van der Waals surface area contributed by atoms with E-state index in [2.05, 4.69) is 19.2 Å². The molecule has 4 heteroatoms. The molecule has 1 atom stereocenters. The van der Waals surface area contributed by atoms with Gasteiger partial charge in [0.25, 0.3) is 5.91 Å². The topological polar surface area (TPSA) is 41.6 Å². The maximum absolute atomic E-state index is 12.3. The predicted octanol–water partition coefficient (Wildman–Crippen LogP) is 2.31. The molecular weight excluding hydrogens is 264 g/mol. The van der Waals surface area contributed by atoms with E-state index in [9.17, 15) is 4.79 Å². The number of nitrogens with zero attached hydrogens (tertiary/aromatic N) is 1. The molecule has 1 N–H and O–H groups in total. The van der Waals surface area contributed by atoms with Crippen molar-refractivity contribution in [3.05, 3.63) is 35.9 Å². The van der Waals surface area contributed by atoms with Gasteiger partial charge in [0.15, 0.2) is 0 Å². The molecule has 0 radical (unpaired) electrons. The summed E-state index contributed by atoms with van der Waals surface area (Å²) >= 11 is 0. The second-order valence-corrected chi connectivity index (χ2v) is 5.83. The van der Waals surface area contributed by atoms with Crippen molar-refractivity contribution < 1.29 is 9.53 Å². The number of amides is 1. The standard InChI is InChI=1S/C17H26N2O2/c1-14(2)21-12-6-10-18-16-9-11-19(13-16)17(20)15-7-4-3-5-8-15/h3-5,7-8,14,16,18H,6,9-13H2,1-2H3. The third kappa shape index (κ3) is 5.14. The molecule has 116 valence electrons. The number of hydrogen-bond donors (Lipinski definition) is 1. The second kappa shape index (κ2) is 8.15. The van der Waals surface area contributed by atoms with Gasteiger partial charge < -0.3 is 15.0 Å². The van der Waals surface area contributed by atoms with Crippen LogP contribution in [0.5, 0.6) is 0 Å². The Bertz CT molecular complexity index is 434. The molecule has 1 aliphatic heterocycles. The number of benzene rings is 1. The van der Waals surface area contributed by atoms with E-state index in [1.165, 1.54) is 0 Å². The molecule has 1 amide bonds. The van der Waals surface area contributed by atoms with Gasteiger partial charge in [0.05, 0.1) is 6.10 Å². The SMILES string of the molecule is CC(C)OCCCNC1CCN(C(=O)c2ccccc2)C1. The molecule has 1 saturated heterocycles. The molecule has 0 spiro atoms. The van der Waals surface area contributed by atoms with Crippen LogP contribution >= 0.6 is 0 Å². The zero-order chi connectivity index (χ0) is 15.1. The van der Waals surface area contributed by atoms with Gasteiger partial charge in [0.2, 0.25) is 0 Å². The van der Waals surface area contributed by atoms with Crippen LogP contribution in [0.2, 0.25) is 0 Å². The molecule has 1 aromatic carbocycles. The smallest absolute Gasteiger partial charge is 0.253 e. The van der Waals surface area contributed by atoms with Crippen molar-refractivity contribution in [3.63, 3.8) is 0 Å². The Kier molecular flexibility index (Phi) is 6.21. The van der Waals surface area contributed by atoms with Crippen molar-refractivity contribution >= 4 is 5.91 Å². The Morgan fingerprint density at radius 1 is 1.38 bits per heavy atom. The zero-order valence-corrected chi connectivity index (χ0v) is 13.0. The molecule has 0 bridgehead atoms. The Morgan fingerprint density at radius 3 is 2.86 bits per heavy atom. The fourth-order valence-corrected chi connectivity index (χ4v) is 2.57. The van der Waals surface area contributed by atoms with Crippen LogP contribution in [0.15, 0.2) is 30.3 Å². The van der Waals surface area contributed by atoms with Gasteiger partial charge in [-0.05, 0) is 45.4 Å². The van der Waals surface area contributed by atoms with Crippen molar-refractivity contribution in [1.82, 2.24) is 10.2 Å². The average Bonchev–Trinajstić information content (AvgIpc) is 2.95. The molecule has 2 rings (SSSR count). The first-order valence-electron chi connectivity index (χ1n) is 7.86. The van der Waals surface area contributed by atoms with Gasteiger partial charge in [-0.1, -0.05) is 18.2 Å². The minimum Gasteiger partial charge on any atom is -0.379 e. The second-order valence-electron chi connectivity index (χ2n) is 5.83. The van der Waals surface area contributed by atoms with Crippen LogP contribution < -0.4 is 5.32 Å². The van der Waals surface area contributed by atoms with Gasteiger partial charge in [-0.15, -0.1) is 0 Å². The van der Waals surface area contributed by atoms with E-state index in [-0.39, 0.29) is 5.91 Å². The first-order chi connectivity index (χ1) is 10.2. The maximum atomic E-state index is 12.3. The summed E-state index contributed by atoms with van der Waals surface area (Å²) in [5.41, 5.74) is 0.781. The highest BCUT2D eigenvalue weighted by Gasteiger charge is 2.26. The van der Waals surface area contributed by atoms with E-state index >= 15 is 0 Å². The lowest BCUT2D eigenvalue weighted by Crippen LogP contribution is -2.35. The Hall–Kier alpha value is -1.39. The number of carbonyl (C=O) groups is 1. The molecule has 21 heavy (non-hydrogen) atoms. The van der Waals surface area contributed by atoms with E-state index in [0.29, 0.717) is 12.1 Å². The summed E-state index contributed by atoms with van der Waals surface area (Å²) < 4.78 is 5.52. The molecule has 4 nitrogen and oxygen atoms in total. The van der Waals surface area contributed by atoms with Gasteiger partial charge >= 0.3 is 0 Å². The highest BCUT2D eigenvalue weighted by atomic mass is 16.5. The van der Waals surface area contributed by atoms with Crippen LogP contribution in [0.3, 0.4) is 0 Å². The molecule has 0 aliphatic carbocycles. The van der Waals surface area contributed by atoms with E-state index in [0.717, 1.165) is 44.6 Å². The molecule has 1 fully saturated rings. The summed E-state index contributed by atoms with van der Waals surface area (Å²) in [5, 5.41) is 3.52. The summed E-state index contributed by atoms with van der Waals surface area (Å²) in [6.07, 6.45) is 2.35.